The first kappa shape index (κ1) is 17.2. The first-order valence-electron chi connectivity index (χ1n) is 9.38. The fraction of sp³-hybridized carbons (Fsp3) is 0.500. The number of carbonyl (C=O) groups is 1. The van der Waals surface area contributed by atoms with Gasteiger partial charge in [0.25, 0.3) is 0 Å². The Balaban J connectivity index is 1.44. The monoisotopic (exact) mass is 356 g/mol. The van der Waals surface area contributed by atoms with Crippen molar-refractivity contribution in [2.45, 2.75) is 45.3 Å². The van der Waals surface area contributed by atoms with Crippen molar-refractivity contribution in [3.05, 3.63) is 52.6 Å². The highest BCUT2D eigenvalue weighted by Crippen LogP contribution is 2.27. The van der Waals surface area contributed by atoms with Crippen LogP contribution in [0.5, 0.6) is 0 Å². The predicted octanol–water partition coefficient (Wildman–Crippen LogP) is 2.63. The molecule has 0 spiro atoms. The van der Waals surface area contributed by atoms with E-state index in [4.69, 9.17) is 5.10 Å². The van der Waals surface area contributed by atoms with Crippen LogP contribution < -0.4 is 0 Å². The van der Waals surface area contributed by atoms with Crippen LogP contribution in [0.2, 0.25) is 0 Å². The molecule has 2 aliphatic heterocycles. The Morgan fingerprint density at radius 2 is 2.00 bits per heavy atom. The van der Waals surface area contributed by atoms with Crippen molar-refractivity contribution in [2.24, 2.45) is 7.05 Å². The van der Waals surface area contributed by atoms with E-state index < -0.39 is 0 Å². The molecule has 0 radical (unpaired) electrons. The van der Waals surface area contributed by atoms with Gasteiger partial charge in [0.2, 0.25) is 5.91 Å². The van der Waals surface area contributed by atoms with Crippen LogP contribution in [0.4, 0.5) is 4.39 Å². The van der Waals surface area contributed by atoms with Crippen molar-refractivity contribution >= 4 is 5.91 Å². The van der Waals surface area contributed by atoms with Crippen LogP contribution >= 0.6 is 0 Å². The number of aromatic nitrogens is 2. The molecule has 1 amide bonds. The summed E-state index contributed by atoms with van der Waals surface area (Å²) in [7, 11) is 1.96. The molecule has 3 heterocycles. The Hall–Kier alpha value is -2.21. The van der Waals surface area contributed by atoms with Crippen molar-refractivity contribution < 1.29 is 9.18 Å². The molecule has 6 heteroatoms. The van der Waals surface area contributed by atoms with E-state index in [0.29, 0.717) is 13.1 Å². The molecule has 26 heavy (non-hydrogen) atoms. The van der Waals surface area contributed by atoms with Gasteiger partial charge in [-0.25, -0.2) is 4.39 Å². The van der Waals surface area contributed by atoms with Gasteiger partial charge in [-0.3, -0.25) is 14.4 Å². The summed E-state index contributed by atoms with van der Waals surface area (Å²) in [4.78, 5) is 17.0. The number of fused-ring (bicyclic) bond motifs is 1. The molecule has 2 aromatic rings. The lowest BCUT2D eigenvalue weighted by Gasteiger charge is -2.26. The zero-order valence-corrected chi connectivity index (χ0v) is 15.2. The highest BCUT2D eigenvalue weighted by Gasteiger charge is 2.30. The highest BCUT2D eigenvalue weighted by atomic mass is 19.1. The van der Waals surface area contributed by atoms with E-state index in [2.05, 4.69) is 4.90 Å². The number of piperidine rings is 1. The van der Waals surface area contributed by atoms with Crippen LogP contribution in [-0.2, 0) is 37.9 Å². The van der Waals surface area contributed by atoms with Crippen molar-refractivity contribution in [2.75, 3.05) is 13.1 Å². The summed E-state index contributed by atoms with van der Waals surface area (Å²) in [6.45, 7) is 4.34. The van der Waals surface area contributed by atoms with Crippen LogP contribution in [0.25, 0.3) is 0 Å². The van der Waals surface area contributed by atoms with Crippen LogP contribution in [0.3, 0.4) is 0 Å². The molecular weight excluding hydrogens is 331 g/mol. The van der Waals surface area contributed by atoms with Crippen LogP contribution in [0.15, 0.2) is 24.3 Å². The minimum absolute atomic E-state index is 0.0377. The molecule has 1 saturated heterocycles. The number of benzene rings is 1. The molecule has 4 rings (SSSR count). The Bertz CT molecular complexity index is 810. The normalized spacial score (nSPS) is 17.5. The van der Waals surface area contributed by atoms with Crippen molar-refractivity contribution in [3.8, 4) is 0 Å². The molecule has 0 bridgehead atoms. The van der Waals surface area contributed by atoms with E-state index >= 15 is 0 Å². The molecule has 0 saturated carbocycles. The summed E-state index contributed by atoms with van der Waals surface area (Å²) in [6, 6.07) is 6.29. The Morgan fingerprint density at radius 3 is 2.77 bits per heavy atom. The van der Waals surface area contributed by atoms with E-state index in [1.807, 2.05) is 16.6 Å². The number of nitrogens with zero attached hydrogens (tertiary/aromatic N) is 4. The molecule has 5 nitrogen and oxygen atoms in total. The zero-order valence-electron chi connectivity index (χ0n) is 15.2. The highest BCUT2D eigenvalue weighted by molar-refractivity contribution is 5.79. The largest absolute Gasteiger partial charge is 0.332 e. The van der Waals surface area contributed by atoms with Gasteiger partial charge in [-0.05, 0) is 43.6 Å². The van der Waals surface area contributed by atoms with Crippen LogP contribution in [-0.4, -0.2) is 38.6 Å². The summed E-state index contributed by atoms with van der Waals surface area (Å²) >= 11 is 0. The molecule has 1 aromatic carbocycles. The molecule has 1 aromatic heterocycles. The van der Waals surface area contributed by atoms with Gasteiger partial charge in [-0.2, -0.15) is 5.10 Å². The zero-order chi connectivity index (χ0) is 18.1. The summed E-state index contributed by atoms with van der Waals surface area (Å²) in [5.41, 5.74) is 4.15. The number of amides is 1. The molecule has 2 aliphatic rings. The van der Waals surface area contributed by atoms with Crippen molar-refractivity contribution in [1.29, 1.82) is 0 Å². The van der Waals surface area contributed by atoms with Gasteiger partial charge in [0, 0.05) is 25.7 Å². The Kier molecular flexibility index (Phi) is 4.76. The first-order valence-corrected chi connectivity index (χ1v) is 9.38. The smallest absolute Gasteiger partial charge is 0.227 e. The quantitative estimate of drug-likeness (QED) is 0.846. The number of halogens is 1. The van der Waals surface area contributed by atoms with E-state index in [9.17, 15) is 9.18 Å². The molecule has 0 unspecified atom stereocenters. The number of carbonyl (C=O) groups excluding carboxylic acids is 1. The lowest BCUT2D eigenvalue weighted by Crippen LogP contribution is -2.30. The minimum atomic E-state index is -0.298. The van der Waals surface area contributed by atoms with Gasteiger partial charge in [-0.1, -0.05) is 18.6 Å². The number of hydrogen-bond donors (Lipinski definition) is 0. The SMILES string of the molecule is Cn1nc(CN2CCCCC2)c2c1CN(C(=O)Cc1cccc(F)c1)C2. The van der Waals surface area contributed by atoms with Gasteiger partial charge in [0.15, 0.2) is 0 Å². The number of likely N-dealkylation sites (tertiary alicyclic amines) is 1. The van der Waals surface area contributed by atoms with Crippen LogP contribution in [0.1, 0.15) is 41.8 Å². The summed E-state index contributed by atoms with van der Waals surface area (Å²) in [5.74, 6) is -0.260. The number of rotatable bonds is 4. The molecule has 0 aliphatic carbocycles. The van der Waals surface area contributed by atoms with E-state index in [1.54, 1.807) is 12.1 Å². The lowest BCUT2D eigenvalue weighted by molar-refractivity contribution is -0.131. The second kappa shape index (κ2) is 7.19. The van der Waals surface area contributed by atoms with E-state index in [-0.39, 0.29) is 18.1 Å². The third-order valence-electron chi connectivity index (χ3n) is 5.47. The van der Waals surface area contributed by atoms with Gasteiger partial charge >= 0.3 is 0 Å². The van der Waals surface area contributed by atoms with Gasteiger partial charge in [-0.15, -0.1) is 0 Å². The maximum atomic E-state index is 13.3. The molecule has 1 fully saturated rings. The third-order valence-corrected chi connectivity index (χ3v) is 5.47. The summed E-state index contributed by atoms with van der Waals surface area (Å²) < 4.78 is 15.3. The maximum absolute atomic E-state index is 13.3. The second-order valence-corrected chi connectivity index (χ2v) is 7.39. The van der Waals surface area contributed by atoms with Crippen molar-refractivity contribution in [1.82, 2.24) is 19.6 Å². The molecular formula is C20H25FN4O. The lowest BCUT2D eigenvalue weighted by atomic mass is 10.1. The predicted molar refractivity (Wildman–Crippen MR) is 96.7 cm³/mol. The Labute approximate surface area is 153 Å². The molecule has 0 atom stereocenters. The Morgan fingerprint density at radius 1 is 1.19 bits per heavy atom. The summed E-state index contributed by atoms with van der Waals surface area (Å²) in [6.07, 6.45) is 4.07. The van der Waals surface area contributed by atoms with E-state index in [1.165, 1.54) is 37.0 Å². The minimum Gasteiger partial charge on any atom is -0.332 e. The maximum Gasteiger partial charge on any atom is 0.227 e. The average molecular weight is 356 g/mol. The number of hydrogen-bond acceptors (Lipinski definition) is 3. The first-order chi connectivity index (χ1) is 12.6. The summed E-state index contributed by atoms with van der Waals surface area (Å²) in [5, 5.41) is 4.70. The molecule has 0 N–H and O–H groups in total. The topological polar surface area (TPSA) is 41.4 Å². The van der Waals surface area contributed by atoms with Crippen LogP contribution in [0, 0.1) is 5.82 Å². The standard InChI is InChI=1S/C20H25FN4O/c1-23-19-14-25(20(26)11-15-6-5-7-16(21)10-15)12-17(19)18(22-23)13-24-8-3-2-4-9-24/h5-7,10H,2-4,8-9,11-14H2,1H3. The fourth-order valence-electron chi connectivity index (χ4n) is 4.04. The van der Waals surface area contributed by atoms with Gasteiger partial charge in [0.1, 0.15) is 5.82 Å². The second-order valence-electron chi connectivity index (χ2n) is 7.39. The van der Waals surface area contributed by atoms with Gasteiger partial charge in [0.05, 0.1) is 24.4 Å². The van der Waals surface area contributed by atoms with Crippen molar-refractivity contribution in [3.63, 3.8) is 0 Å². The van der Waals surface area contributed by atoms with E-state index in [0.717, 1.165) is 36.6 Å². The van der Waals surface area contributed by atoms with Gasteiger partial charge < -0.3 is 4.90 Å². The third kappa shape index (κ3) is 3.51. The average Bonchev–Trinajstić information content (AvgIpc) is 3.18. The number of aryl methyl sites for hydroxylation is 1. The fourth-order valence-corrected chi connectivity index (χ4v) is 4.04. The molecule has 138 valence electrons.